The van der Waals surface area contributed by atoms with Crippen molar-refractivity contribution >= 4 is 5.69 Å². The van der Waals surface area contributed by atoms with Crippen LogP contribution in [0.2, 0.25) is 0 Å². The molecule has 86 valence electrons. The number of para-hydroxylation sites is 1. The maximum Gasteiger partial charge on any atom is 0.105 e. The van der Waals surface area contributed by atoms with Crippen molar-refractivity contribution in [2.24, 2.45) is 0 Å². The molecule has 0 spiro atoms. The van der Waals surface area contributed by atoms with Gasteiger partial charge in [0.15, 0.2) is 0 Å². The Morgan fingerprint density at radius 2 is 2.18 bits per heavy atom. The van der Waals surface area contributed by atoms with Crippen LogP contribution in [0, 0.1) is 6.92 Å². The lowest BCUT2D eigenvalue weighted by atomic mass is 10.0. The van der Waals surface area contributed by atoms with Crippen LogP contribution in [0.4, 0.5) is 5.69 Å². The van der Waals surface area contributed by atoms with E-state index in [4.69, 9.17) is 0 Å². The Hall–Kier alpha value is -1.87. The van der Waals surface area contributed by atoms with Crippen LogP contribution in [0.1, 0.15) is 22.9 Å². The number of nitrogens with zero attached hydrogens (tertiary/aromatic N) is 1. The molecule has 3 nitrogen and oxygen atoms in total. The first-order chi connectivity index (χ1) is 8.34. The van der Waals surface area contributed by atoms with Crippen LogP contribution in [0.25, 0.3) is 0 Å². The maximum atomic E-state index is 4.16. The van der Waals surface area contributed by atoms with Crippen molar-refractivity contribution in [3.8, 4) is 0 Å². The number of nitrogens with one attached hydrogen (secondary N) is 2. The number of fused-ring (bicyclic) bond motifs is 1. The van der Waals surface area contributed by atoms with Crippen molar-refractivity contribution in [3.63, 3.8) is 0 Å². The Labute approximate surface area is 101 Å². The van der Waals surface area contributed by atoms with Crippen molar-refractivity contribution in [3.05, 3.63) is 59.4 Å². The van der Waals surface area contributed by atoms with E-state index in [0.717, 1.165) is 6.54 Å². The molecule has 3 rings (SSSR count). The second-order valence-electron chi connectivity index (χ2n) is 4.35. The molecule has 1 atom stereocenters. The second kappa shape index (κ2) is 4.18. The van der Waals surface area contributed by atoms with E-state index in [-0.39, 0.29) is 6.17 Å². The number of rotatable bonds is 1. The van der Waals surface area contributed by atoms with Crippen molar-refractivity contribution < 1.29 is 0 Å². The third kappa shape index (κ3) is 1.89. The first kappa shape index (κ1) is 10.3. The number of hydrogen-bond donors (Lipinski definition) is 2. The van der Waals surface area contributed by atoms with Gasteiger partial charge in [-0.25, -0.2) is 0 Å². The second-order valence-corrected chi connectivity index (χ2v) is 4.35. The molecule has 2 N–H and O–H groups in total. The highest BCUT2D eigenvalue weighted by atomic mass is 15.1. The predicted octanol–water partition coefficient (Wildman–Crippen LogP) is 2.60. The van der Waals surface area contributed by atoms with E-state index in [2.05, 4.69) is 46.8 Å². The van der Waals surface area contributed by atoms with Crippen LogP contribution in [-0.2, 0) is 6.54 Å². The molecular formula is C14H15N3. The van der Waals surface area contributed by atoms with Crippen molar-refractivity contribution in [1.29, 1.82) is 0 Å². The summed E-state index contributed by atoms with van der Waals surface area (Å²) < 4.78 is 0. The van der Waals surface area contributed by atoms with Crippen LogP contribution in [-0.4, -0.2) is 4.98 Å². The molecule has 0 bridgehead atoms. The Kier molecular flexibility index (Phi) is 2.53. The highest BCUT2D eigenvalue weighted by Crippen LogP contribution is 2.28. The Balaban J connectivity index is 1.93. The first-order valence-corrected chi connectivity index (χ1v) is 5.83. The number of anilines is 1. The molecule has 0 amide bonds. The number of aryl methyl sites for hydroxylation is 1. The lowest BCUT2D eigenvalue weighted by Gasteiger charge is -2.29. The van der Waals surface area contributed by atoms with E-state index in [0.29, 0.717) is 0 Å². The van der Waals surface area contributed by atoms with Gasteiger partial charge >= 0.3 is 0 Å². The van der Waals surface area contributed by atoms with E-state index in [9.17, 15) is 0 Å². The monoisotopic (exact) mass is 225 g/mol. The molecule has 1 aliphatic heterocycles. The molecule has 0 aliphatic carbocycles. The maximum absolute atomic E-state index is 4.16. The summed E-state index contributed by atoms with van der Waals surface area (Å²) in [5.41, 5.74) is 5.03. The molecule has 3 heteroatoms. The fourth-order valence-electron chi connectivity index (χ4n) is 2.24. The van der Waals surface area contributed by atoms with Crippen LogP contribution in [0.3, 0.4) is 0 Å². The average molecular weight is 225 g/mol. The van der Waals surface area contributed by atoms with Gasteiger partial charge in [0.25, 0.3) is 0 Å². The zero-order valence-electron chi connectivity index (χ0n) is 9.77. The van der Waals surface area contributed by atoms with Crippen molar-refractivity contribution in [2.75, 3.05) is 5.32 Å². The van der Waals surface area contributed by atoms with E-state index >= 15 is 0 Å². The van der Waals surface area contributed by atoms with Crippen molar-refractivity contribution in [2.45, 2.75) is 19.6 Å². The van der Waals surface area contributed by atoms with Gasteiger partial charge in [-0.2, -0.15) is 0 Å². The molecule has 1 aromatic carbocycles. The number of benzene rings is 1. The summed E-state index contributed by atoms with van der Waals surface area (Å²) in [7, 11) is 0. The van der Waals surface area contributed by atoms with Gasteiger partial charge < -0.3 is 5.32 Å². The SMILES string of the molecule is Cc1cccc2c1NC(c1cccnc1)NC2. The van der Waals surface area contributed by atoms with Crippen molar-refractivity contribution in [1.82, 2.24) is 10.3 Å². The van der Waals surface area contributed by atoms with Gasteiger partial charge in [0.05, 0.1) is 0 Å². The highest BCUT2D eigenvalue weighted by Gasteiger charge is 2.19. The summed E-state index contributed by atoms with van der Waals surface area (Å²) in [6.45, 7) is 3.03. The van der Waals surface area contributed by atoms with E-state index in [1.807, 2.05) is 12.3 Å². The molecule has 0 radical (unpaired) electrons. The molecule has 1 aromatic heterocycles. The fourth-order valence-corrected chi connectivity index (χ4v) is 2.24. The van der Waals surface area contributed by atoms with E-state index in [1.165, 1.54) is 22.4 Å². The van der Waals surface area contributed by atoms with Gasteiger partial charge in [0, 0.05) is 30.2 Å². The Bertz CT molecular complexity index is 522. The standard InChI is InChI=1S/C14H15N3/c1-10-4-2-5-11-9-16-14(17-13(10)11)12-6-3-7-15-8-12/h2-8,14,16-17H,9H2,1H3. The zero-order chi connectivity index (χ0) is 11.7. The molecule has 0 saturated heterocycles. The Morgan fingerprint density at radius 1 is 1.24 bits per heavy atom. The predicted molar refractivity (Wildman–Crippen MR) is 68.6 cm³/mol. The molecule has 0 fully saturated rings. The minimum absolute atomic E-state index is 0.150. The van der Waals surface area contributed by atoms with E-state index in [1.54, 1.807) is 6.20 Å². The quantitative estimate of drug-likeness (QED) is 0.783. The third-order valence-corrected chi connectivity index (χ3v) is 3.16. The molecule has 1 unspecified atom stereocenters. The summed E-state index contributed by atoms with van der Waals surface area (Å²) in [5.74, 6) is 0. The summed E-state index contributed by atoms with van der Waals surface area (Å²) in [5, 5.41) is 7.00. The number of pyridine rings is 1. The number of aromatic nitrogens is 1. The summed E-state index contributed by atoms with van der Waals surface area (Å²) >= 11 is 0. The molecule has 0 saturated carbocycles. The average Bonchev–Trinajstić information content (AvgIpc) is 2.40. The summed E-state index contributed by atoms with van der Waals surface area (Å²) in [6, 6.07) is 10.4. The molecule has 2 aromatic rings. The minimum Gasteiger partial charge on any atom is -0.365 e. The van der Waals surface area contributed by atoms with Crippen LogP contribution >= 0.6 is 0 Å². The largest absolute Gasteiger partial charge is 0.365 e. The topological polar surface area (TPSA) is 37.0 Å². The lowest BCUT2D eigenvalue weighted by Crippen LogP contribution is -2.33. The molecule has 1 aliphatic rings. The first-order valence-electron chi connectivity index (χ1n) is 5.83. The Morgan fingerprint density at radius 3 is 3.00 bits per heavy atom. The fraction of sp³-hybridized carbons (Fsp3) is 0.214. The van der Waals surface area contributed by atoms with Gasteiger partial charge in [0.1, 0.15) is 6.17 Å². The van der Waals surface area contributed by atoms with Crippen LogP contribution < -0.4 is 10.6 Å². The summed E-state index contributed by atoms with van der Waals surface area (Å²) in [4.78, 5) is 4.16. The van der Waals surface area contributed by atoms with Gasteiger partial charge in [-0.1, -0.05) is 24.3 Å². The van der Waals surface area contributed by atoms with Gasteiger partial charge in [0.2, 0.25) is 0 Å². The van der Waals surface area contributed by atoms with Gasteiger partial charge in [-0.3, -0.25) is 10.3 Å². The van der Waals surface area contributed by atoms with Crippen LogP contribution in [0.5, 0.6) is 0 Å². The van der Waals surface area contributed by atoms with Gasteiger partial charge in [-0.05, 0) is 24.1 Å². The molecule has 17 heavy (non-hydrogen) atoms. The minimum atomic E-state index is 0.150. The number of hydrogen-bond acceptors (Lipinski definition) is 3. The van der Waals surface area contributed by atoms with E-state index < -0.39 is 0 Å². The molecular weight excluding hydrogens is 210 g/mol. The van der Waals surface area contributed by atoms with Crippen LogP contribution in [0.15, 0.2) is 42.7 Å². The normalized spacial score (nSPS) is 18.3. The lowest BCUT2D eigenvalue weighted by molar-refractivity contribution is 0.563. The third-order valence-electron chi connectivity index (χ3n) is 3.16. The smallest absolute Gasteiger partial charge is 0.105 e. The zero-order valence-corrected chi connectivity index (χ0v) is 9.77. The summed E-state index contributed by atoms with van der Waals surface area (Å²) in [6.07, 6.45) is 3.84. The van der Waals surface area contributed by atoms with Gasteiger partial charge in [-0.15, -0.1) is 0 Å². The molecule has 2 heterocycles. The highest BCUT2D eigenvalue weighted by molar-refractivity contribution is 5.59.